The lowest BCUT2D eigenvalue weighted by atomic mass is 9.88. The Morgan fingerprint density at radius 1 is 0.844 bits per heavy atom. The number of amides is 1. The van der Waals surface area contributed by atoms with Crippen LogP contribution in [0.2, 0.25) is 0 Å². The molecule has 0 bridgehead atoms. The van der Waals surface area contributed by atoms with Crippen LogP contribution in [0.5, 0.6) is 0 Å². The van der Waals surface area contributed by atoms with Crippen LogP contribution in [0.4, 0.5) is 0 Å². The Morgan fingerprint density at radius 3 is 1.88 bits per heavy atom. The Kier molecular flexibility index (Phi) is 12.1. The highest BCUT2D eigenvalue weighted by Gasteiger charge is 2.30. The molecule has 0 unspecified atom stereocenters. The minimum absolute atomic E-state index is 0.0534. The number of ether oxygens (including phenoxy) is 3. The highest BCUT2D eigenvalue weighted by molar-refractivity contribution is 5.77. The van der Waals surface area contributed by atoms with Gasteiger partial charge in [-0.3, -0.25) is 4.79 Å². The molecule has 0 atom stereocenters. The standard InChI is InChI=1S/C26H51NO5/c1-20(2)32-25(8,9)13-14-31-26(10,11)16-22(29)27(12)17-24(6,7)19-30-18-23(4,5)15-21(3)28/h20H,13-19H2,1-12H3. The summed E-state index contributed by atoms with van der Waals surface area (Å²) in [5.41, 5.74) is -1.18. The smallest absolute Gasteiger partial charge is 0.225 e. The predicted molar refractivity (Wildman–Crippen MR) is 131 cm³/mol. The molecule has 0 aliphatic rings. The number of hydrogen-bond donors (Lipinski definition) is 0. The zero-order chi connectivity index (χ0) is 25.4. The zero-order valence-corrected chi connectivity index (χ0v) is 23.0. The van der Waals surface area contributed by atoms with Gasteiger partial charge in [-0.1, -0.05) is 27.7 Å². The average molecular weight is 458 g/mol. The fourth-order valence-corrected chi connectivity index (χ4v) is 3.92. The van der Waals surface area contributed by atoms with Gasteiger partial charge in [0.1, 0.15) is 5.78 Å². The molecular formula is C26H51NO5. The summed E-state index contributed by atoms with van der Waals surface area (Å²) < 4.78 is 17.9. The van der Waals surface area contributed by atoms with Crippen molar-refractivity contribution in [2.75, 3.05) is 33.4 Å². The fraction of sp³-hybridized carbons (Fsp3) is 0.923. The van der Waals surface area contributed by atoms with Crippen molar-refractivity contribution in [2.24, 2.45) is 10.8 Å². The van der Waals surface area contributed by atoms with Crippen molar-refractivity contribution in [3.8, 4) is 0 Å². The van der Waals surface area contributed by atoms with Crippen LogP contribution in [0.3, 0.4) is 0 Å². The molecular weight excluding hydrogens is 406 g/mol. The largest absolute Gasteiger partial charge is 0.380 e. The topological polar surface area (TPSA) is 65.1 Å². The lowest BCUT2D eigenvalue weighted by Crippen LogP contribution is -2.42. The minimum atomic E-state index is -0.545. The number of carbonyl (C=O) groups excluding carboxylic acids is 2. The van der Waals surface area contributed by atoms with Crippen LogP contribution >= 0.6 is 0 Å². The first-order valence-electron chi connectivity index (χ1n) is 11.9. The summed E-state index contributed by atoms with van der Waals surface area (Å²) in [6.45, 7) is 24.1. The van der Waals surface area contributed by atoms with Gasteiger partial charge in [0.2, 0.25) is 5.91 Å². The Labute approximate surface area is 197 Å². The first-order valence-corrected chi connectivity index (χ1v) is 11.9. The van der Waals surface area contributed by atoms with E-state index in [1.165, 1.54) is 0 Å². The molecule has 0 radical (unpaired) electrons. The second-order valence-corrected chi connectivity index (χ2v) is 12.4. The van der Waals surface area contributed by atoms with E-state index < -0.39 is 5.60 Å². The van der Waals surface area contributed by atoms with E-state index in [-0.39, 0.29) is 34.2 Å². The first-order chi connectivity index (χ1) is 14.3. The van der Waals surface area contributed by atoms with E-state index in [0.717, 1.165) is 6.42 Å². The summed E-state index contributed by atoms with van der Waals surface area (Å²) in [5.74, 6) is 0.224. The van der Waals surface area contributed by atoms with E-state index in [1.807, 2.05) is 48.6 Å². The predicted octanol–water partition coefficient (Wildman–Crippen LogP) is 5.27. The third-order valence-electron chi connectivity index (χ3n) is 5.13. The summed E-state index contributed by atoms with van der Waals surface area (Å²) >= 11 is 0. The molecule has 6 heteroatoms. The summed E-state index contributed by atoms with van der Waals surface area (Å²) in [5, 5.41) is 0. The highest BCUT2D eigenvalue weighted by atomic mass is 16.5. The number of nitrogens with zero attached hydrogens (tertiary/aromatic N) is 1. The molecule has 0 aromatic heterocycles. The van der Waals surface area contributed by atoms with Gasteiger partial charge in [0.05, 0.1) is 43.5 Å². The van der Waals surface area contributed by atoms with Crippen molar-refractivity contribution < 1.29 is 23.8 Å². The maximum absolute atomic E-state index is 12.8. The molecule has 6 nitrogen and oxygen atoms in total. The van der Waals surface area contributed by atoms with Crippen molar-refractivity contribution in [2.45, 2.75) is 113 Å². The van der Waals surface area contributed by atoms with Crippen LogP contribution in [0.15, 0.2) is 0 Å². The zero-order valence-electron chi connectivity index (χ0n) is 23.0. The van der Waals surface area contributed by atoms with Gasteiger partial charge < -0.3 is 23.9 Å². The number of Topliss-reactive ketones (excluding diaryl/α,β-unsaturated/α-hetero) is 1. The molecule has 190 valence electrons. The molecule has 0 saturated carbocycles. The van der Waals surface area contributed by atoms with Gasteiger partial charge in [-0.05, 0) is 60.3 Å². The third kappa shape index (κ3) is 15.0. The Bertz CT molecular complexity index is 593. The normalized spacial score (nSPS) is 13.5. The van der Waals surface area contributed by atoms with Crippen molar-refractivity contribution in [1.82, 2.24) is 4.90 Å². The molecule has 0 spiro atoms. The monoisotopic (exact) mass is 457 g/mol. The van der Waals surface area contributed by atoms with E-state index in [4.69, 9.17) is 14.2 Å². The van der Waals surface area contributed by atoms with Gasteiger partial charge in [0.25, 0.3) is 0 Å². The quantitative estimate of drug-likeness (QED) is 0.316. The van der Waals surface area contributed by atoms with E-state index in [9.17, 15) is 9.59 Å². The molecule has 0 fully saturated rings. The van der Waals surface area contributed by atoms with E-state index >= 15 is 0 Å². The first kappa shape index (κ1) is 31.0. The maximum Gasteiger partial charge on any atom is 0.225 e. The SMILES string of the molecule is CC(=O)CC(C)(C)COCC(C)(C)CN(C)C(=O)CC(C)(C)OCCC(C)(C)OC(C)C. The van der Waals surface area contributed by atoms with Gasteiger partial charge >= 0.3 is 0 Å². The van der Waals surface area contributed by atoms with Crippen LogP contribution in [0.1, 0.15) is 95.4 Å². The van der Waals surface area contributed by atoms with Gasteiger partial charge in [-0.15, -0.1) is 0 Å². The third-order valence-corrected chi connectivity index (χ3v) is 5.13. The molecule has 0 aromatic rings. The fourth-order valence-electron chi connectivity index (χ4n) is 3.92. The molecule has 0 aliphatic heterocycles. The molecule has 0 aliphatic carbocycles. The van der Waals surface area contributed by atoms with E-state index in [1.54, 1.807) is 11.8 Å². The number of ketones is 1. The molecule has 32 heavy (non-hydrogen) atoms. The van der Waals surface area contributed by atoms with Crippen LogP contribution < -0.4 is 0 Å². The molecule has 0 saturated heterocycles. The Hall–Kier alpha value is -0.980. The summed E-state index contributed by atoms with van der Waals surface area (Å²) in [4.78, 5) is 26.0. The van der Waals surface area contributed by atoms with Crippen molar-refractivity contribution in [3.63, 3.8) is 0 Å². The van der Waals surface area contributed by atoms with E-state index in [0.29, 0.717) is 39.2 Å². The van der Waals surface area contributed by atoms with E-state index in [2.05, 4.69) is 27.7 Å². The van der Waals surface area contributed by atoms with Crippen LogP contribution in [0, 0.1) is 10.8 Å². The van der Waals surface area contributed by atoms with Gasteiger partial charge in [-0.25, -0.2) is 0 Å². The summed E-state index contributed by atoms with van der Waals surface area (Å²) in [6, 6.07) is 0. The van der Waals surface area contributed by atoms with Crippen molar-refractivity contribution in [1.29, 1.82) is 0 Å². The van der Waals surface area contributed by atoms with Crippen molar-refractivity contribution in [3.05, 3.63) is 0 Å². The highest BCUT2D eigenvalue weighted by Crippen LogP contribution is 2.25. The van der Waals surface area contributed by atoms with Crippen LogP contribution in [0.25, 0.3) is 0 Å². The number of hydrogen-bond acceptors (Lipinski definition) is 5. The molecule has 0 N–H and O–H groups in total. The lowest BCUT2D eigenvalue weighted by Gasteiger charge is -2.34. The van der Waals surface area contributed by atoms with Gasteiger partial charge in [0.15, 0.2) is 0 Å². The van der Waals surface area contributed by atoms with Crippen LogP contribution in [-0.4, -0.2) is 67.3 Å². The molecule has 1 amide bonds. The Balaban J connectivity index is 4.55. The van der Waals surface area contributed by atoms with Crippen LogP contribution in [-0.2, 0) is 23.8 Å². The maximum atomic E-state index is 12.8. The number of rotatable bonds is 16. The lowest BCUT2D eigenvalue weighted by molar-refractivity contribution is -0.140. The Morgan fingerprint density at radius 2 is 1.38 bits per heavy atom. The van der Waals surface area contributed by atoms with Gasteiger partial charge in [0, 0.05) is 25.4 Å². The number of carbonyl (C=O) groups is 2. The molecule has 0 aromatic carbocycles. The second kappa shape index (κ2) is 12.5. The van der Waals surface area contributed by atoms with Crippen molar-refractivity contribution >= 4 is 11.7 Å². The minimum Gasteiger partial charge on any atom is -0.380 e. The second-order valence-electron chi connectivity index (χ2n) is 12.4. The summed E-state index contributed by atoms with van der Waals surface area (Å²) in [6.07, 6.45) is 1.75. The average Bonchev–Trinajstić information content (AvgIpc) is 2.49. The summed E-state index contributed by atoms with van der Waals surface area (Å²) in [7, 11) is 1.83. The molecule has 0 rings (SSSR count). The molecule has 0 heterocycles. The van der Waals surface area contributed by atoms with Gasteiger partial charge in [-0.2, -0.15) is 0 Å².